The average molecular weight is 309 g/mol. The van der Waals surface area contributed by atoms with Crippen LogP contribution in [0, 0.1) is 5.41 Å². The third kappa shape index (κ3) is 5.08. The van der Waals surface area contributed by atoms with Crippen LogP contribution in [0.4, 0.5) is 0 Å². The van der Waals surface area contributed by atoms with Crippen molar-refractivity contribution in [2.45, 2.75) is 72.0 Å². The van der Waals surface area contributed by atoms with Gasteiger partial charge in [-0.1, -0.05) is 19.9 Å². The molecular weight excluding hydrogens is 276 g/mol. The fourth-order valence-corrected chi connectivity index (χ4v) is 3.61. The first-order valence-electron chi connectivity index (χ1n) is 8.58. The summed E-state index contributed by atoms with van der Waals surface area (Å²) in [5, 5.41) is 5.97. The Kier molecular flexibility index (Phi) is 6.27. The van der Waals surface area contributed by atoms with Crippen molar-refractivity contribution in [2.24, 2.45) is 5.41 Å². The number of rotatable bonds is 10. The van der Waals surface area contributed by atoms with E-state index in [9.17, 15) is 0 Å². The Hall–Kier alpha value is -0.380. The van der Waals surface area contributed by atoms with Gasteiger partial charge in [0.15, 0.2) is 0 Å². The maximum Gasteiger partial charge on any atom is 0.0330 e. The number of hydrogen-bond acceptors (Lipinski definition) is 3. The van der Waals surface area contributed by atoms with Gasteiger partial charge in [-0.15, -0.1) is 11.3 Å². The van der Waals surface area contributed by atoms with Gasteiger partial charge >= 0.3 is 0 Å². The van der Waals surface area contributed by atoms with Gasteiger partial charge in [0.25, 0.3) is 0 Å². The van der Waals surface area contributed by atoms with Crippen molar-refractivity contribution in [1.82, 2.24) is 10.2 Å². The summed E-state index contributed by atoms with van der Waals surface area (Å²) >= 11 is 1.88. The van der Waals surface area contributed by atoms with Gasteiger partial charge in [-0.05, 0) is 56.4 Å². The standard InChI is InChI=1S/C18H32N2S/c1-5-18(6-2,13-19-16-9-10-16)14-20(15(3)4)12-17-8-7-11-21-17/h7-8,11,15-16,19H,5-6,9-10,12-14H2,1-4H3. The Bertz CT molecular complexity index is 391. The molecular formula is C18H32N2S. The number of hydrogen-bond donors (Lipinski definition) is 1. The highest BCUT2D eigenvalue weighted by atomic mass is 32.1. The molecule has 3 heteroatoms. The molecule has 1 aliphatic carbocycles. The van der Waals surface area contributed by atoms with Crippen molar-refractivity contribution in [3.05, 3.63) is 22.4 Å². The lowest BCUT2D eigenvalue weighted by molar-refractivity contribution is 0.104. The second-order valence-electron chi connectivity index (χ2n) is 6.94. The van der Waals surface area contributed by atoms with Gasteiger partial charge in [-0.3, -0.25) is 4.90 Å². The lowest BCUT2D eigenvalue weighted by Gasteiger charge is -2.39. The summed E-state index contributed by atoms with van der Waals surface area (Å²) in [7, 11) is 0. The third-order valence-electron chi connectivity index (χ3n) is 5.05. The maximum absolute atomic E-state index is 3.78. The fourth-order valence-electron chi connectivity index (χ4n) is 2.88. The summed E-state index contributed by atoms with van der Waals surface area (Å²) in [5.41, 5.74) is 0.421. The highest BCUT2D eigenvalue weighted by molar-refractivity contribution is 7.09. The second-order valence-corrected chi connectivity index (χ2v) is 7.97. The average Bonchev–Trinajstić information content (AvgIpc) is 3.18. The second kappa shape index (κ2) is 7.75. The first kappa shape index (κ1) is 17.0. The van der Waals surface area contributed by atoms with Crippen LogP contribution in [-0.2, 0) is 6.54 Å². The van der Waals surface area contributed by atoms with Gasteiger partial charge in [-0.25, -0.2) is 0 Å². The quantitative estimate of drug-likeness (QED) is 0.684. The molecule has 0 radical (unpaired) electrons. The predicted molar refractivity (Wildman–Crippen MR) is 93.9 cm³/mol. The molecule has 1 aromatic rings. The molecule has 120 valence electrons. The van der Waals surface area contributed by atoms with Crippen LogP contribution in [0.15, 0.2) is 17.5 Å². The minimum absolute atomic E-state index is 0.421. The Labute approximate surface area is 134 Å². The largest absolute Gasteiger partial charge is 0.313 e. The van der Waals surface area contributed by atoms with Crippen molar-refractivity contribution < 1.29 is 0 Å². The molecule has 1 aliphatic rings. The first-order chi connectivity index (χ1) is 10.1. The van der Waals surface area contributed by atoms with Crippen LogP contribution in [0.1, 0.15) is 58.3 Å². The van der Waals surface area contributed by atoms with Crippen molar-refractivity contribution in [3.8, 4) is 0 Å². The van der Waals surface area contributed by atoms with Gasteiger partial charge in [0, 0.05) is 36.6 Å². The summed E-state index contributed by atoms with van der Waals surface area (Å²) in [6.07, 6.45) is 5.28. The van der Waals surface area contributed by atoms with Crippen LogP contribution in [0.3, 0.4) is 0 Å². The molecule has 1 aromatic heterocycles. The molecule has 0 spiro atoms. The summed E-state index contributed by atoms with van der Waals surface area (Å²) < 4.78 is 0. The van der Waals surface area contributed by atoms with E-state index >= 15 is 0 Å². The molecule has 2 nitrogen and oxygen atoms in total. The SMILES string of the molecule is CCC(CC)(CNC1CC1)CN(Cc1cccs1)C(C)C. The van der Waals surface area contributed by atoms with Crippen molar-refractivity contribution in [3.63, 3.8) is 0 Å². The van der Waals surface area contributed by atoms with Gasteiger partial charge in [0.1, 0.15) is 0 Å². The van der Waals surface area contributed by atoms with Gasteiger partial charge in [0.05, 0.1) is 0 Å². The van der Waals surface area contributed by atoms with Crippen LogP contribution in [0.2, 0.25) is 0 Å². The smallest absolute Gasteiger partial charge is 0.0330 e. The minimum Gasteiger partial charge on any atom is -0.313 e. The van der Waals surface area contributed by atoms with Crippen LogP contribution < -0.4 is 5.32 Å². The monoisotopic (exact) mass is 308 g/mol. The van der Waals surface area contributed by atoms with Crippen LogP contribution in [0.25, 0.3) is 0 Å². The Balaban J connectivity index is 1.99. The fraction of sp³-hybridized carbons (Fsp3) is 0.778. The minimum atomic E-state index is 0.421. The molecule has 0 unspecified atom stereocenters. The van der Waals surface area contributed by atoms with Crippen LogP contribution in [0.5, 0.6) is 0 Å². The lowest BCUT2D eigenvalue weighted by Crippen LogP contribution is -2.46. The van der Waals surface area contributed by atoms with Gasteiger partial charge in [0.2, 0.25) is 0 Å². The van der Waals surface area contributed by atoms with Crippen LogP contribution in [-0.4, -0.2) is 30.1 Å². The van der Waals surface area contributed by atoms with Crippen LogP contribution >= 0.6 is 11.3 Å². The van der Waals surface area contributed by atoms with E-state index in [1.54, 1.807) is 0 Å². The molecule has 1 heterocycles. The zero-order valence-electron chi connectivity index (χ0n) is 14.2. The van der Waals surface area contributed by atoms with E-state index in [2.05, 4.69) is 55.4 Å². The molecule has 1 saturated carbocycles. The molecule has 0 aromatic carbocycles. The molecule has 21 heavy (non-hydrogen) atoms. The summed E-state index contributed by atoms with van der Waals surface area (Å²) in [5.74, 6) is 0. The molecule has 0 amide bonds. The van der Waals surface area contributed by atoms with Gasteiger partial charge in [-0.2, -0.15) is 0 Å². The van der Waals surface area contributed by atoms with E-state index in [0.29, 0.717) is 11.5 Å². The highest BCUT2D eigenvalue weighted by Crippen LogP contribution is 2.30. The molecule has 1 fully saturated rings. The lowest BCUT2D eigenvalue weighted by atomic mass is 9.81. The predicted octanol–water partition coefficient (Wildman–Crippen LogP) is 4.52. The maximum atomic E-state index is 3.78. The first-order valence-corrected chi connectivity index (χ1v) is 9.46. The van der Waals surface area contributed by atoms with Crippen molar-refractivity contribution in [1.29, 1.82) is 0 Å². The Morgan fingerprint density at radius 2 is 2.05 bits per heavy atom. The van der Waals surface area contributed by atoms with E-state index in [0.717, 1.165) is 12.6 Å². The molecule has 2 rings (SSSR count). The number of nitrogens with zero attached hydrogens (tertiary/aromatic N) is 1. The molecule has 0 aliphatic heterocycles. The van der Waals surface area contributed by atoms with E-state index in [1.165, 1.54) is 43.6 Å². The van der Waals surface area contributed by atoms with E-state index in [1.807, 2.05) is 11.3 Å². The van der Waals surface area contributed by atoms with Gasteiger partial charge < -0.3 is 5.32 Å². The topological polar surface area (TPSA) is 15.3 Å². The normalized spacial score (nSPS) is 16.1. The van der Waals surface area contributed by atoms with Crippen molar-refractivity contribution in [2.75, 3.05) is 13.1 Å². The number of thiophene rings is 1. The molecule has 1 N–H and O–H groups in total. The Morgan fingerprint density at radius 3 is 2.52 bits per heavy atom. The zero-order chi connectivity index (χ0) is 15.3. The number of nitrogens with one attached hydrogen (secondary N) is 1. The van der Waals surface area contributed by atoms with E-state index in [4.69, 9.17) is 0 Å². The summed E-state index contributed by atoms with van der Waals surface area (Å²) in [6.45, 7) is 12.9. The highest BCUT2D eigenvalue weighted by Gasteiger charge is 2.32. The van der Waals surface area contributed by atoms with Crippen molar-refractivity contribution >= 4 is 11.3 Å². The van der Waals surface area contributed by atoms with E-state index < -0.39 is 0 Å². The molecule has 0 atom stereocenters. The molecule has 0 saturated heterocycles. The third-order valence-corrected chi connectivity index (χ3v) is 5.91. The Morgan fingerprint density at radius 1 is 1.33 bits per heavy atom. The summed E-state index contributed by atoms with van der Waals surface area (Å²) in [6, 6.07) is 5.85. The summed E-state index contributed by atoms with van der Waals surface area (Å²) in [4.78, 5) is 4.15. The molecule has 0 bridgehead atoms. The van der Waals surface area contributed by atoms with E-state index in [-0.39, 0.29) is 0 Å². The zero-order valence-corrected chi connectivity index (χ0v) is 15.0.